The van der Waals surface area contributed by atoms with E-state index in [1.165, 1.54) is 24.6 Å². The molecule has 1 aromatic carbocycles. The fourth-order valence-corrected chi connectivity index (χ4v) is 3.63. The van der Waals surface area contributed by atoms with Crippen LogP contribution >= 0.6 is 11.8 Å². The molecule has 0 radical (unpaired) electrons. The van der Waals surface area contributed by atoms with Crippen molar-refractivity contribution in [1.82, 2.24) is 14.8 Å². The van der Waals surface area contributed by atoms with Gasteiger partial charge in [0.05, 0.1) is 5.75 Å². The summed E-state index contributed by atoms with van der Waals surface area (Å²) in [6.07, 6.45) is 3.30. The number of rotatable bonds is 7. The lowest BCUT2D eigenvalue weighted by Gasteiger charge is -2.13. The molecule has 0 bridgehead atoms. The van der Waals surface area contributed by atoms with Gasteiger partial charge in [-0.15, -0.1) is 10.2 Å². The first-order valence-electron chi connectivity index (χ1n) is 8.55. The fourth-order valence-electron chi connectivity index (χ4n) is 2.76. The second-order valence-electron chi connectivity index (χ2n) is 6.43. The Bertz CT molecular complexity index is 722. The smallest absolute Gasteiger partial charge is 0.234 e. The van der Waals surface area contributed by atoms with Crippen molar-refractivity contribution in [2.75, 3.05) is 11.1 Å². The van der Waals surface area contributed by atoms with Crippen molar-refractivity contribution >= 4 is 23.4 Å². The van der Waals surface area contributed by atoms with Gasteiger partial charge >= 0.3 is 0 Å². The van der Waals surface area contributed by atoms with Crippen molar-refractivity contribution in [2.45, 2.75) is 57.1 Å². The van der Waals surface area contributed by atoms with Crippen molar-refractivity contribution in [3.8, 4) is 0 Å². The number of aromatic nitrogens is 3. The van der Waals surface area contributed by atoms with Crippen LogP contribution in [0.3, 0.4) is 0 Å². The molecule has 0 atom stereocenters. The first kappa shape index (κ1) is 17.0. The average Bonchev–Trinajstić information content (AvgIpc) is 3.32. The Hall–Kier alpha value is -1.82. The average molecular weight is 344 g/mol. The van der Waals surface area contributed by atoms with Crippen LogP contribution in [0.25, 0.3) is 0 Å². The number of carbonyl (C=O) groups excluding carboxylic acids is 1. The molecule has 0 aliphatic heterocycles. The van der Waals surface area contributed by atoms with Crippen LogP contribution in [-0.4, -0.2) is 26.4 Å². The molecule has 0 saturated heterocycles. The number of nitrogens with zero attached hydrogens (tertiary/aromatic N) is 3. The lowest BCUT2D eigenvalue weighted by molar-refractivity contribution is -0.113. The van der Waals surface area contributed by atoms with Gasteiger partial charge in [0, 0.05) is 17.6 Å². The third-order valence-corrected chi connectivity index (χ3v) is 5.10. The molecule has 24 heavy (non-hydrogen) atoms. The Balaban J connectivity index is 1.64. The normalized spacial score (nSPS) is 14.2. The molecule has 2 aromatic rings. The SMILES string of the molecule is CCc1ccccc1NC(=O)CSc1nnc(C2CC2)n1C(C)C. The molecule has 128 valence electrons. The minimum atomic E-state index is -0.00724. The van der Waals surface area contributed by atoms with Gasteiger partial charge in [0.15, 0.2) is 5.16 Å². The lowest BCUT2D eigenvalue weighted by Crippen LogP contribution is -2.16. The fraction of sp³-hybridized carbons (Fsp3) is 0.500. The molecule has 1 aromatic heterocycles. The lowest BCUT2D eigenvalue weighted by atomic mass is 10.1. The van der Waals surface area contributed by atoms with Gasteiger partial charge in [-0.25, -0.2) is 0 Å². The molecule has 0 spiro atoms. The number of amides is 1. The number of anilines is 1. The minimum Gasteiger partial charge on any atom is -0.325 e. The third-order valence-electron chi connectivity index (χ3n) is 4.15. The molecule has 1 amide bonds. The molecule has 1 aliphatic carbocycles. The van der Waals surface area contributed by atoms with Crippen molar-refractivity contribution in [3.05, 3.63) is 35.7 Å². The minimum absolute atomic E-state index is 0.00724. The van der Waals surface area contributed by atoms with Crippen LogP contribution in [0.15, 0.2) is 29.4 Å². The van der Waals surface area contributed by atoms with E-state index in [0.29, 0.717) is 17.7 Å². The zero-order chi connectivity index (χ0) is 17.1. The van der Waals surface area contributed by atoms with Crippen LogP contribution in [0.1, 0.15) is 57.0 Å². The number of benzene rings is 1. The molecule has 0 unspecified atom stereocenters. The third kappa shape index (κ3) is 3.80. The van der Waals surface area contributed by atoms with E-state index in [0.717, 1.165) is 28.7 Å². The van der Waals surface area contributed by atoms with Crippen LogP contribution in [0.2, 0.25) is 0 Å². The predicted octanol–water partition coefficient (Wildman–Crippen LogP) is 4.03. The van der Waals surface area contributed by atoms with Crippen LogP contribution < -0.4 is 5.32 Å². The highest BCUT2D eigenvalue weighted by molar-refractivity contribution is 7.99. The number of hydrogen-bond acceptors (Lipinski definition) is 4. The van der Waals surface area contributed by atoms with Gasteiger partial charge in [-0.05, 0) is 44.7 Å². The maximum atomic E-state index is 12.3. The largest absolute Gasteiger partial charge is 0.325 e. The van der Waals surface area contributed by atoms with Gasteiger partial charge < -0.3 is 9.88 Å². The number of thioether (sulfide) groups is 1. The maximum absolute atomic E-state index is 12.3. The van der Waals surface area contributed by atoms with Gasteiger partial charge in [0.2, 0.25) is 5.91 Å². The van der Waals surface area contributed by atoms with E-state index < -0.39 is 0 Å². The van der Waals surface area contributed by atoms with Gasteiger partial charge in [-0.2, -0.15) is 0 Å². The zero-order valence-electron chi connectivity index (χ0n) is 14.5. The van der Waals surface area contributed by atoms with Gasteiger partial charge in [-0.3, -0.25) is 4.79 Å². The highest BCUT2D eigenvalue weighted by Gasteiger charge is 2.31. The first-order chi connectivity index (χ1) is 11.6. The molecule has 1 aliphatic rings. The molecular formula is C18H24N4OS. The molecule has 6 heteroatoms. The van der Waals surface area contributed by atoms with Crippen LogP contribution in [0.5, 0.6) is 0 Å². The van der Waals surface area contributed by atoms with Crippen molar-refractivity contribution in [2.24, 2.45) is 0 Å². The van der Waals surface area contributed by atoms with E-state index in [4.69, 9.17) is 0 Å². The summed E-state index contributed by atoms with van der Waals surface area (Å²) in [7, 11) is 0. The predicted molar refractivity (Wildman–Crippen MR) is 97.6 cm³/mol. The highest BCUT2D eigenvalue weighted by Crippen LogP contribution is 2.41. The maximum Gasteiger partial charge on any atom is 0.234 e. The van der Waals surface area contributed by atoms with Gasteiger partial charge in [0.25, 0.3) is 0 Å². The second kappa shape index (κ2) is 7.38. The second-order valence-corrected chi connectivity index (χ2v) is 7.37. The summed E-state index contributed by atoms with van der Waals surface area (Å²) in [5, 5.41) is 12.5. The number of carbonyl (C=O) groups is 1. The zero-order valence-corrected chi connectivity index (χ0v) is 15.3. The van der Waals surface area contributed by atoms with E-state index in [2.05, 4.69) is 40.9 Å². The molecule has 1 fully saturated rings. The Morgan fingerprint density at radius 1 is 1.33 bits per heavy atom. The van der Waals surface area contributed by atoms with Gasteiger partial charge in [0.1, 0.15) is 5.82 Å². The summed E-state index contributed by atoms with van der Waals surface area (Å²) in [5.74, 6) is 1.96. The topological polar surface area (TPSA) is 59.8 Å². The Labute approximate surface area is 147 Å². The van der Waals surface area contributed by atoms with Crippen LogP contribution in [0.4, 0.5) is 5.69 Å². The molecular weight excluding hydrogens is 320 g/mol. The number of hydrogen-bond donors (Lipinski definition) is 1. The van der Waals surface area contributed by atoms with E-state index in [9.17, 15) is 4.79 Å². The summed E-state index contributed by atoms with van der Waals surface area (Å²) in [5.41, 5.74) is 2.05. The Morgan fingerprint density at radius 3 is 2.75 bits per heavy atom. The summed E-state index contributed by atoms with van der Waals surface area (Å²) in [6.45, 7) is 6.36. The van der Waals surface area contributed by atoms with E-state index in [1.807, 2.05) is 24.3 Å². The van der Waals surface area contributed by atoms with Crippen molar-refractivity contribution in [1.29, 1.82) is 0 Å². The van der Waals surface area contributed by atoms with Crippen LogP contribution in [0, 0.1) is 0 Å². The number of para-hydroxylation sites is 1. The summed E-state index contributed by atoms with van der Waals surface area (Å²) in [4.78, 5) is 12.3. The molecule has 1 N–H and O–H groups in total. The van der Waals surface area contributed by atoms with Crippen molar-refractivity contribution < 1.29 is 4.79 Å². The Morgan fingerprint density at radius 2 is 2.08 bits per heavy atom. The molecule has 5 nitrogen and oxygen atoms in total. The van der Waals surface area contributed by atoms with E-state index in [1.54, 1.807) is 0 Å². The standard InChI is InChI=1S/C18H24N4OS/c1-4-13-7-5-6-8-15(13)19-16(23)11-24-18-21-20-17(14-9-10-14)22(18)12(2)3/h5-8,12,14H,4,9-11H2,1-3H3,(H,19,23). The summed E-state index contributed by atoms with van der Waals surface area (Å²) < 4.78 is 2.18. The quantitative estimate of drug-likeness (QED) is 0.770. The van der Waals surface area contributed by atoms with E-state index >= 15 is 0 Å². The number of aryl methyl sites for hydroxylation is 1. The first-order valence-corrected chi connectivity index (χ1v) is 9.54. The number of nitrogens with one attached hydrogen (secondary N) is 1. The van der Waals surface area contributed by atoms with Crippen molar-refractivity contribution in [3.63, 3.8) is 0 Å². The highest BCUT2D eigenvalue weighted by atomic mass is 32.2. The molecule has 3 rings (SSSR count). The summed E-state index contributed by atoms with van der Waals surface area (Å²) in [6, 6.07) is 8.23. The van der Waals surface area contributed by atoms with Crippen LogP contribution in [-0.2, 0) is 11.2 Å². The monoisotopic (exact) mass is 344 g/mol. The summed E-state index contributed by atoms with van der Waals surface area (Å²) >= 11 is 1.46. The van der Waals surface area contributed by atoms with E-state index in [-0.39, 0.29) is 5.91 Å². The van der Waals surface area contributed by atoms with Gasteiger partial charge in [-0.1, -0.05) is 36.9 Å². The molecule has 1 heterocycles. The Kier molecular flexibility index (Phi) is 5.23. The molecule has 1 saturated carbocycles.